The Morgan fingerprint density at radius 3 is 2.90 bits per heavy atom. The maximum absolute atomic E-state index is 10.4. The Hall–Kier alpha value is -0.320. The number of carboxylic acids is 1. The summed E-state index contributed by atoms with van der Waals surface area (Å²) in [5, 5.41) is 8.50. The fraction of sp³-hybridized carbons (Fsp3) is 0.800. The third-order valence-electron chi connectivity index (χ3n) is 1.35. The van der Waals surface area contributed by atoms with Gasteiger partial charge in [-0.3, -0.25) is 4.79 Å². The summed E-state index contributed by atoms with van der Waals surface area (Å²) in [6.07, 6.45) is 0. The minimum Gasteiger partial charge on any atom is -0.480 e. The van der Waals surface area contributed by atoms with Crippen molar-refractivity contribution >= 4 is 17.7 Å². The highest BCUT2D eigenvalue weighted by atomic mass is 35.5. The van der Waals surface area contributed by atoms with Crippen molar-refractivity contribution in [3.8, 4) is 0 Å². The van der Waals surface area contributed by atoms with Crippen molar-refractivity contribution in [2.45, 2.75) is 6.04 Å². The zero-order valence-electron chi connectivity index (χ0n) is 5.29. The van der Waals surface area contributed by atoms with Crippen LogP contribution < -0.4 is 0 Å². The van der Waals surface area contributed by atoms with Gasteiger partial charge < -0.3 is 9.84 Å². The molecule has 1 rings (SSSR count). The first-order valence-corrected chi connectivity index (χ1v) is 3.28. The van der Waals surface area contributed by atoms with Crippen LogP contribution in [0.25, 0.3) is 0 Å². The molecule has 5 heteroatoms. The van der Waals surface area contributed by atoms with Gasteiger partial charge in [0.25, 0.3) is 0 Å². The highest BCUT2D eigenvalue weighted by Crippen LogP contribution is 2.08. The second-order valence-electron chi connectivity index (χ2n) is 2.05. The van der Waals surface area contributed by atoms with E-state index < -0.39 is 12.0 Å². The molecule has 1 N–H and O–H groups in total. The van der Waals surface area contributed by atoms with Crippen molar-refractivity contribution < 1.29 is 14.6 Å². The number of rotatable bonds is 1. The van der Waals surface area contributed by atoms with Gasteiger partial charge in [-0.15, -0.1) is 0 Å². The summed E-state index contributed by atoms with van der Waals surface area (Å²) in [5.41, 5.74) is 0. The van der Waals surface area contributed by atoms with Crippen molar-refractivity contribution in [3.63, 3.8) is 0 Å². The summed E-state index contributed by atoms with van der Waals surface area (Å²) in [7, 11) is 0. The number of aliphatic carboxylic acids is 1. The number of hydrogen-bond acceptors (Lipinski definition) is 3. The van der Waals surface area contributed by atoms with Crippen LogP contribution in [0.4, 0.5) is 0 Å². The van der Waals surface area contributed by atoms with Crippen molar-refractivity contribution in [3.05, 3.63) is 0 Å². The number of ether oxygens (including phenoxy) is 1. The third-order valence-corrected chi connectivity index (χ3v) is 1.75. The summed E-state index contributed by atoms with van der Waals surface area (Å²) in [6.45, 7) is 1.16. The van der Waals surface area contributed by atoms with E-state index in [4.69, 9.17) is 21.6 Å². The molecular weight excluding hydrogens is 158 g/mol. The van der Waals surface area contributed by atoms with Gasteiger partial charge >= 0.3 is 5.97 Å². The summed E-state index contributed by atoms with van der Waals surface area (Å²) in [6, 6.07) is -0.685. The molecule has 0 unspecified atom stereocenters. The van der Waals surface area contributed by atoms with E-state index in [9.17, 15) is 4.79 Å². The molecular formula is C5H8ClNO3. The van der Waals surface area contributed by atoms with E-state index in [1.807, 2.05) is 0 Å². The van der Waals surface area contributed by atoms with Crippen LogP contribution in [0.1, 0.15) is 0 Å². The van der Waals surface area contributed by atoms with Gasteiger partial charge in [-0.1, -0.05) is 0 Å². The van der Waals surface area contributed by atoms with Crippen LogP contribution >= 0.6 is 11.8 Å². The van der Waals surface area contributed by atoms with Gasteiger partial charge in [0.2, 0.25) is 0 Å². The SMILES string of the molecule is O=C(O)[C@@H]1COCCN1Cl. The molecule has 1 fully saturated rings. The number of halogens is 1. The minimum atomic E-state index is -0.935. The third kappa shape index (κ3) is 1.59. The molecule has 0 aromatic rings. The Morgan fingerprint density at radius 2 is 2.50 bits per heavy atom. The van der Waals surface area contributed by atoms with E-state index in [2.05, 4.69) is 0 Å². The van der Waals surface area contributed by atoms with Gasteiger partial charge in [-0.05, 0) is 11.8 Å². The molecule has 1 aliphatic heterocycles. The highest BCUT2D eigenvalue weighted by Gasteiger charge is 2.27. The van der Waals surface area contributed by atoms with Crippen molar-refractivity contribution in [1.82, 2.24) is 4.42 Å². The lowest BCUT2D eigenvalue weighted by Crippen LogP contribution is -2.44. The second kappa shape index (κ2) is 3.18. The van der Waals surface area contributed by atoms with E-state index >= 15 is 0 Å². The Morgan fingerprint density at radius 1 is 1.80 bits per heavy atom. The fourth-order valence-corrected chi connectivity index (χ4v) is 0.983. The maximum Gasteiger partial charge on any atom is 0.324 e. The van der Waals surface area contributed by atoms with Crippen LogP contribution in [0.3, 0.4) is 0 Å². The number of morpholine rings is 1. The Labute approximate surface area is 63.4 Å². The van der Waals surface area contributed by atoms with Crippen molar-refractivity contribution in [2.24, 2.45) is 0 Å². The van der Waals surface area contributed by atoms with Gasteiger partial charge in [0.1, 0.15) is 6.04 Å². The molecule has 0 bridgehead atoms. The smallest absolute Gasteiger partial charge is 0.324 e. The van der Waals surface area contributed by atoms with Crippen molar-refractivity contribution in [2.75, 3.05) is 19.8 Å². The summed E-state index contributed by atoms with van der Waals surface area (Å²) >= 11 is 5.55. The molecule has 0 saturated carbocycles. The number of hydrogen-bond donors (Lipinski definition) is 1. The van der Waals surface area contributed by atoms with Gasteiger partial charge in [0.15, 0.2) is 0 Å². The molecule has 0 aromatic carbocycles. The topological polar surface area (TPSA) is 49.8 Å². The molecule has 58 valence electrons. The Balaban J connectivity index is 2.47. The molecule has 10 heavy (non-hydrogen) atoms. The first-order chi connectivity index (χ1) is 4.72. The Kier molecular flexibility index (Phi) is 2.48. The van der Waals surface area contributed by atoms with E-state index in [1.54, 1.807) is 0 Å². The summed E-state index contributed by atoms with van der Waals surface area (Å²) in [5.74, 6) is -0.935. The zero-order chi connectivity index (χ0) is 7.56. The van der Waals surface area contributed by atoms with Crippen LogP contribution in [0.15, 0.2) is 0 Å². The van der Waals surface area contributed by atoms with Gasteiger partial charge in [-0.2, -0.15) is 0 Å². The fourth-order valence-electron chi connectivity index (χ4n) is 0.775. The summed E-state index contributed by atoms with van der Waals surface area (Å²) in [4.78, 5) is 10.4. The molecule has 1 atom stereocenters. The van der Waals surface area contributed by atoms with Crippen LogP contribution in [0, 0.1) is 0 Å². The average Bonchev–Trinajstić information content (AvgIpc) is 1.88. The van der Waals surface area contributed by atoms with Crippen LogP contribution in [0.5, 0.6) is 0 Å². The zero-order valence-corrected chi connectivity index (χ0v) is 6.04. The molecule has 0 amide bonds. The standard InChI is InChI=1S/C5H8ClNO3/c6-7-1-2-10-3-4(7)5(8)9/h4H,1-3H2,(H,8,9)/t4-/m0/s1. The van der Waals surface area contributed by atoms with E-state index in [-0.39, 0.29) is 6.61 Å². The monoisotopic (exact) mass is 165 g/mol. The number of nitrogens with zero attached hydrogens (tertiary/aromatic N) is 1. The maximum atomic E-state index is 10.4. The average molecular weight is 166 g/mol. The molecule has 1 saturated heterocycles. The first kappa shape index (κ1) is 7.78. The number of carboxylic acid groups (broad SMARTS) is 1. The molecule has 0 spiro atoms. The van der Waals surface area contributed by atoms with Crippen LogP contribution in [-0.2, 0) is 9.53 Å². The number of carbonyl (C=O) groups is 1. The molecule has 0 radical (unpaired) electrons. The van der Waals surface area contributed by atoms with E-state index in [1.165, 1.54) is 4.42 Å². The lowest BCUT2D eigenvalue weighted by atomic mass is 10.3. The predicted molar refractivity (Wildman–Crippen MR) is 34.8 cm³/mol. The van der Waals surface area contributed by atoms with Gasteiger partial charge in [0, 0.05) is 6.54 Å². The van der Waals surface area contributed by atoms with Crippen molar-refractivity contribution in [1.29, 1.82) is 0 Å². The molecule has 4 nitrogen and oxygen atoms in total. The first-order valence-electron chi connectivity index (χ1n) is 2.95. The lowest BCUT2D eigenvalue weighted by Gasteiger charge is -2.26. The molecule has 0 aliphatic carbocycles. The molecule has 0 aromatic heterocycles. The minimum absolute atomic E-state index is 0.179. The molecule has 1 aliphatic rings. The van der Waals surface area contributed by atoms with E-state index in [0.29, 0.717) is 13.2 Å². The normalized spacial score (nSPS) is 28.3. The van der Waals surface area contributed by atoms with E-state index in [0.717, 1.165) is 0 Å². The van der Waals surface area contributed by atoms with Gasteiger partial charge in [0.05, 0.1) is 13.2 Å². The Bertz CT molecular complexity index is 141. The second-order valence-corrected chi connectivity index (χ2v) is 2.49. The van der Waals surface area contributed by atoms with Crippen LogP contribution in [-0.4, -0.2) is 41.3 Å². The predicted octanol–water partition coefficient (Wildman–Crippen LogP) is -0.0744. The molecule has 1 heterocycles. The highest BCUT2D eigenvalue weighted by molar-refractivity contribution is 6.14. The van der Waals surface area contributed by atoms with Crippen LogP contribution in [0.2, 0.25) is 0 Å². The quantitative estimate of drug-likeness (QED) is 0.553. The summed E-state index contributed by atoms with van der Waals surface area (Å²) < 4.78 is 6.16. The largest absolute Gasteiger partial charge is 0.480 e. The van der Waals surface area contributed by atoms with Gasteiger partial charge in [-0.25, -0.2) is 4.42 Å². The lowest BCUT2D eigenvalue weighted by molar-refractivity contribution is -0.145.